The first-order chi connectivity index (χ1) is 6.66. The maximum Gasteiger partial charge on any atom is 0.0745 e. The summed E-state index contributed by atoms with van der Waals surface area (Å²) < 4.78 is 12.4. The van der Waals surface area contributed by atoms with E-state index in [0.29, 0.717) is 0 Å². The molecule has 0 fully saturated rings. The molecular formula is C11H14OS2. The molecule has 1 aromatic rings. The van der Waals surface area contributed by atoms with Gasteiger partial charge in [-0.05, 0) is 24.3 Å². The van der Waals surface area contributed by atoms with E-state index in [2.05, 4.69) is 0 Å². The Bertz CT molecular complexity index is 355. The van der Waals surface area contributed by atoms with Gasteiger partial charge in [0.2, 0.25) is 0 Å². The van der Waals surface area contributed by atoms with Gasteiger partial charge in [-0.3, -0.25) is 4.21 Å². The van der Waals surface area contributed by atoms with E-state index in [-0.39, 0.29) is 0 Å². The molecule has 0 amide bonds. The minimum Gasteiger partial charge on any atom is -0.254 e. The smallest absolute Gasteiger partial charge is 0.0745 e. The van der Waals surface area contributed by atoms with Crippen LogP contribution in [0, 0.1) is 0 Å². The van der Waals surface area contributed by atoms with Gasteiger partial charge in [-0.1, -0.05) is 30.3 Å². The van der Waals surface area contributed by atoms with Crippen molar-refractivity contribution in [1.29, 1.82) is 0 Å². The molecule has 0 N–H and O–H groups in total. The van der Waals surface area contributed by atoms with Crippen molar-refractivity contribution in [1.82, 2.24) is 0 Å². The van der Waals surface area contributed by atoms with Crippen molar-refractivity contribution in [2.24, 2.45) is 0 Å². The molecule has 0 spiro atoms. The molecule has 0 saturated heterocycles. The highest BCUT2D eigenvalue weighted by molar-refractivity contribution is 8.16. The normalized spacial score (nSPS) is 14.8. The molecule has 1 nitrogen and oxygen atoms in total. The molecule has 1 atom stereocenters. The first-order valence-corrected chi connectivity index (χ1v) is 7.08. The summed E-state index contributed by atoms with van der Waals surface area (Å²) in [7, 11) is -0.891. The summed E-state index contributed by atoms with van der Waals surface area (Å²) in [6, 6.07) is 10.1. The Labute approximate surface area is 92.1 Å². The fourth-order valence-corrected chi connectivity index (χ4v) is 3.20. The summed E-state index contributed by atoms with van der Waals surface area (Å²) in [5.74, 6) is 0. The van der Waals surface area contributed by atoms with Crippen LogP contribution in [0.2, 0.25) is 0 Å². The standard InChI is InChI=1S/C11H14OS2/c1-9(11(13-2)14(3)12)10-7-5-4-6-8-10/h4-8H,1-3H3. The zero-order valence-electron chi connectivity index (χ0n) is 8.61. The van der Waals surface area contributed by atoms with Crippen molar-refractivity contribution < 1.29 is 4.21 Å². The SMILES string of the molecule is CSC(=C(C)c1ccccc1)S(C)=O. The number of thioether (sulfide) groups is 1. The maximum absolute atomic E-state index is 11.4. The van der Waals surface area contributed by atoms with Crippen molar-refractivity contribution in [3.8, 4) is 0 Å². The lowest BCUT2D eigenvalue weighted by molar-refractivity contribution is 0.691. The molecule has 1 unspecified atom stereocenters. The molecule has 3 heteroatoms. The van der Waals surface area contributed by atoms with E-state index in [1.54, 1.807) is 18.0 Å². The van der Waals surface area contributed by atoms with Gasteiger partial charge in [0.25, 0.3) is 0 Å². The molecule has 0 saturated carbocycles. The van der Waals surface area contributed by atoms with Gasteiger partial charge in [0.1, 0.15) is 0 Å². The third kappa shape index (κ3) is 2.72. The van der Waals surface area contributed by atoms with Crippen molar-refractivity contribution in [3.63, 3.8) is 0 Å². The molecule has 14 heavy (non-hydrogen) atoms. The van der Waals surface area contributed by atoms with Crippen LogP contribution in [-0.2, 0) is 10.8 Å². The predicted molar refractivity (Wildman–Crippen MR) is 66.6 cm³/mol. The van der Waals surface area contributed by atoms with Gasteiger partial charge < -0.3 is 0 Å². The van der Waals surface area contributed by atoms with Crippen LogP contribution in [0.5, 0.6) is 0 Å². The van der Waals surface area contributed by atoms with Crippen LogP contribution in [-0.4, -0.2) is 16.7 Å². The Morgan fingerprint density at radius 2 is 1.86 bits per heavy atom. The van der Waals surface area contributed by atoms with E-state index >= 15 is 0 Å². The topological polar surface area (TPSA) is 17.1 Å². The van der Waals surface area contributed by atoms with Gasteiger partial charge in [-0.2, -0.15) is 0 Å². The molecule has 0 aliphatic heterocycles. The van der Waals surface area contributed by atoms with Crippen LogP contribution < -0.4 is 0 Å². The Balaban J connectivity index is 3.15. The number of benzene rings is 1. The van der Waals surface area contributed by atoms with Gasteiger partial charge in [-0.15, -0.1) is 11.8 Å². The third-order valence-electron chi connectivity index (χ3n) is 1.96. The highest BCUT2D eigenvalue weighted by Gasteiger charge is 2.06. The average molecular weight is 226 g/mol. The third-order valence-corrected chi connectivity index (χ3v) is 4.67. The number of hydrogen-bond donors (Lipinski definition) is 0. The Morgan fingerprint density at radius 1 is 1.29 bits per heavy atom. The summed E-state index contributed by atoms with van der Waals surface area (Å²) >= 11 is 1.56. The van der Waals surface area contributed by atoms with Gasteiger partial charge in [0, 0.05) is 6.26 Å². The van der Waals surface area contributed by atoms with Crippen molar-refractivity contribution in [2.45, 2.75) is 6.92 Å². The lowest BCUT2D eigenvalue weighted by Crippen LogP contribution is -1.91. The van der Waals surface area contributed by atoms with Crippen molar-refractivity contribution in [2.75, 3.05) is 12.5 Å². The molecule has 0 aliphatic carbocycles. The Kier molecular flexibility index (Phi) is 4.42. The molecule has 0 aromatic heterocycles. The van der Waals surface area contributed by atoms with Crippen molar-refractivity contribution in [3.05, 3.63) is 40.1 Å². The second-order valence-corrected chi connectivity index (χ2v) is 5.33. The highest BCUT2D eigenvalue weighted by Crippen LogP contribution is 2.26. The van der Waals surface area contributed by atoms with Crippen LogP contribution in [0.3, 0.4) is 0 Å². The van der Waals surface area contributed by atoms with Crippen LogP contribution in [0.1, 0.15) is 12.5 Å². The second-order valence-electron chi connectivity index (χ2n) is 2.94. The average Bonchev–Trinajstić information content (AvgIpc) is 2.19. The Hall–Kier alpha value is -0.540. The molecule has 0 heterocycles. The summed E-state index contributed by atoms with van der Waals surface area (Å²) in [6.45, 7) is 2.02. The zero-order valence-corrected chi connectivity index (χ0v) is 10.2. The summed E-state index contributed by atoms with van der Waals surface area (Å²) in [6.07, 6.45) is 3.68. The fraction of sp³-hybridized carbons (Fsp3) is 0.273. The predicted octanol–water partition coefficient (Wildman–Crippen LogP) is 3.12. The van der Waals surface area contributed by atoms with E-state index in [1.165, 1.54) is 0 Å². The fourth-order valence-electron chi connectivity index (χ4n) is 1.29. The number of rotatable bonds is 3. The van der Waals surface area contributed by atoms with E-state index in [9.17, 15) is 4.21 Å². The van der Waals surface area contributed by atoms with Crippen LogP contribution in [0.25, 0.3) is 5.57 Å². The Morgan fingerprint density at radius 3 is 2.29 bits per heavy atom. The quantitative estimate of drug-likeness (QED) is 0.787. The molecule has 0 radical (unpaired) electrons. The summed E-state index contributed by atoms with van der Waals surface area (Å²) in [5, 5.41) is 0. The van der Waals surface area contributed by atoms with E-state index in [4.69, 9.17) is 0 Å². The highest BCUT2D eigenvalue weighted by atomic mass is 32.2. The van der Waals surface area contributed by atoms with Crippen LogP contribution in [0.15, 0.2) is 34.6 Å². The lowest BCUT2D eigenvalue weighted by Gasteiger charge is -2.06. The summed E-state index contributed by atoms with van der Waals surface area (Å²) in [4.78, 5) is 0. The molecule has 0 bridgehead atoms. The number of allylic oxidation sites excluding steroid dienone is 1. The monoisotopic (exact) mass is 226 g/mol. The molecule has 76 valence electrons. The second kappa shape index (κ2) is 5.37. The minimum atomic E-state index is -0.891. The van der Waals surface area contributed by atoms with Gasteiger partial charge in [-0.25, -0.2) is 0 Å². The van der Waals surface area contributed by atoms with Crippen LogP contribution >= 0.6 is 11.8 Å². The van der Waals surface area contributed by atoms with E-state index in [0.717, 1.165) is 15.4 Å². The molecule has 1 rings (SSSR count). The minimum absolute atomic E-state index is 0.891. The largest absolute Gasteiger partial charge is 0.254 e. The first kappa shape index (κ1) is 11.5. The summed E-state index contributed by atoms with van der Waals surface area (Å²) in [5.41, 5.74) is 2.26. The van der Waals surface area contributed by atoms with Gasteiger partial charge in [0.05, 0.1) is 15.0 Å². The first-order valence-electron chi connectivity index (χ1n) is 4.30. The van der Waals surface area contributed by atoms with E-state index in [1.807, 2.05) is 43.5 Å². The molecular weight excluding hydrogens is 212 g/mol. The van der Waals surface area contributed by atoms with E-state index < -0.39 is 10.8 Å². The van der Waals surface area contributed by atoms with Gasteiger partial charge >= 0.3 is 0 Å². The number of hydrogen-bond acceptors (Lipinski definition) is 2. The zero-order chi connectivity index (χ0) is 10.6. The maximum atomic E-state index is 11.4. The van der Waals surface area contributed by atoms with Gasteiger partial charge in [0.15, 0.2) is 0 Å². The van der Waals surface area contributed by atoms with Crippen LogP contribution in [0.4, 0.5) is 0 Å². The van der Waals surface area contributed by atoms with Crippen molar-refractivity contribution >= 4 is 28.1 Å². The molecule has 0 aliphatic rings. The molecule has 1 aromatic carbocycles. The lowest BCUT2D eigenvalue weighted by atomic mass is 10.1.